The summed E-state index contributed by atoms with van der Waals surface area (Å²) in [5.41, 5.74) is 7.61. The van der Waals surface area contributed by atoms with Gasteiger partial charge in [0, 0.05) is 19.3 Å². The summed E-state index contributed by atoms with van der Waals surface area (Å²) < 4.78 is 0. The van der Waals surface area contributed by atoms with Crippen molar-refractivity contribution in [3.63, 3.8) is 0 Å². The Hall–Kier alpha value is -2.13. The van der Waals surface area contributed by atoms with Crippen LogP contribution in [0.3, 0.4) is 0 Å². The summed E-state index contributed by atoms with van der Waals surface area (Å²) in [6.45, 7) is 0.306. The number of nitrogens with two attached hydrogens (primary N) is 1. The Bertz CT molecular complexity index is 525. The minimum atomic E-state index is -0.300. The number of nitrogens with zero attached hydrogens (tertiary/aromatic N) is 1. The van der Waals surface area contributed by atoms with E-state index in [1.807, 2.05) is 60.7 Å². The highest BCUT2D eigenvalue weighted by molar-refractivity contribution is 5.97. The van der Waals surface area contributed by atoms with E-state index in [2.05, 4.69) is 0 Å². The molecule has 0 spiro atoms. The van der Waals surface area contributed by atoms with Gasteiger partial charge in [-0.1, -0.05) is 48.5 Å². The number of para-hydroxylation sites is 1. The van der Waals surface area contributed by atoms with Crippen LogP contribution >= 0.6 is 0 Å². The van der Waals surface area contributed by atoms with Crippen LogP contribution in [0, 0.1) is 0 Å². The summed E-state index contributed by atoms with van der Waals surface area (Å²) in [5.74, 6) is -0.286. The molecule has 0 heterocycles. The molecule has 1 amide bonds. The van der Waals surface area contributed by atoms with Crippen LogP contribution in [0.1, 0.15) is 11.5 Å². The number of benzene rings is 2. The number of carbonyl (C=O) groups excluding carboxylic acids is 1. The zero-order valence-corrected chi connectivity index (χ0v) is 11.0. The zero-order chi connectivity index (χ0) is 13.7. The molecule has 0 saturated heterocycles. The molecule has 0 aromatic heterocycles. The fraction of sp³-hybridized carbons (Fsp3) is 0.188. The Morgan fingerprint density at radius 2 is 1.58 bits per heavy atom. The summed E-state index contributed by atoms with van der Waals surface area (Å²) >= 11 is 0. The second-order valence-corrected chi connectivity index (χ2v) is 4.43. The lowest BCUT2D eigenvalue weighted by molar-refractivity contribution is -0.119. The van der Waals surface area contributed by atoms with E-state index in [0.717, 1.165) is 11.3 Å². The van der Waals surface area contributed by atoms with Crippen molar-refractivity contribution in [1.29, 1.82) is 0 Å². The number of anilines is 1. The molecule has 0 aliphatic carbocycles. The van der Waals surface area contributed by atoms with E-state index < -0.39 is 0 Å². The van der Waals surface area contributed by atoms with Gasteiger partial charge < -0.3 is 10.6 Å². The third kappa shape index (κ3) is 3.01. The molecule has 0 saturated carbocycles. The van der Waals surface area contributed by atoms with Crippen LogP contribution < -0.4 is 10.6 Å². The molecule has 1 unspecified atom stereocenters. The Morgan fingerprint density at radius 1 is 1.05 bits per heavy atom. The van der Waals surface area contributed by atoms with Gasteiger partial charge in [-0.15, -0.1) is 0 Å². The molecular formula is C16H18N2O. The topological polar surface area (TPSA) is 46.3 Å². The SMILES string of the molecule is CN(C(=O)C(CN)c1ccccc1)c1ccccc1. The number of hydrogen-bond donors (Lipinski definition) is 1. The summed E-state index contributed by atoms with van der Waals surface area (Å²) in [5, 5.41) is 0. The smallest absolute Gasteiger partial charge is 0.235 e. The predicted octanol–water partition coefficient (Wildman–Crippen LogP) is 2.39. The summed E-state index contributed by atoms with van der Waals surface area (Å²) in [6, 6.07) is 19.2. The molecule has 2 aromatic carbocycles. The van der Waals surface area contributed by atoms with Crippen LogP contribution in [0.15, 0.2) is 60.7 Å². The maximum Gasteiger partial charge on any atom is 0.235 e. The first kappa shape index (κ1) is 13.3. The molecule has 0 radical (unpaired) electrons. The van der Waals surface area contributed by atoms with E-state index in [9.17, 15) is 4.79 Å². The molecule has 2 N–H and O–H groups in total. The minimum absolute atomic E-state index is 0.0138. The van der Waals surface area contributed by atoms with Gasteiger partial charge in [0.1, 0.15) is 0 Å². The average molecular weight is 254 g/mol. The van der Waals surface area contributed by atoms with E-state index in [0.29, 0.717) is 6.54 Å². The second-order valence-electron chi connectivity index (χ2n) is 4.43. The number of rotatable bonds is 4. The van der Waals surface area contributed by atoms with Crippen molar-refractivity contribution in [2.24, 2.45) is 5.73 Å². The largest absolute Gasteiger partial charge is 0.329 e. The maximum atomic E-state index is 12.5. The molecule has 3 nitrogen and oxygen atoms in total. The van der Waals surface area contributed by atoms with Crippen LogP contribution in [0.25, 0.3) is 0 Å². The van der Waals surface area contributed by atoms with Crippen LogP contribution in [0.4, 0.5) is 5.69 Å². The van der Waals surface area contributed by atoms with Crippen LogP contribution in [0.2, 0.25) is 0 Å². The highest BCUT2D eigenvalue weighted by Gasteiger charge is 2.23. The molecule has 0 aliphatic heterocycles. The number of carbonyl (C=O) groups is 1. The third-order valence-corrected chi connectivity index (χ3v) is 3.21. The minimum Gasteiger partial charge on any atom is -0.329 e. The highest BCUT2D eigenvalue weighted by Crippen LogP contribution is 2.20. The van der Waals surface area contributed by atoms with Crippen molar-refractivity contribution in [3.05, 3.63) is 66.2 Å². The van der Waals surface area contributed by atoms with E-state index >= 15 is 0 Å². The maximum absolute atomic E-state index is 12.5. The van der Waals surface area contributed by atoms with Crippen molar-refractivity contribution in [3.8, 4) is 0 Å². The second kappa shape index (κ2) is 6.16. The highest BCUT2D eigenvalue weighted by atomic mass is 16.2. The first-order valence-electron chi connectivity index (χ1n) is 6.31. The van der Waals surface area contributed by atoms with Crippen LogP contribution in [-0.2, 0) is 4.79 Å². The molecule has 0 aliphatic rings. The number of hydrogen-bond acceptors (Lipinski definition) is 2. The van der Waals surface area contributed by atoms with Gasteiger partial charge in [-0.25, -0.2) is 0 Å². The lowest BCUT2D eigenvalue weighted by Gasteiger charge is -2.23. The molecule has 2 aromatic rings. The van der Waals surface area contributed by atoms with E-state index in [4.69, 9.17) is 5.73 Å². The van der Waals surface area contributed by atoms with Gasteiger partial charge in [0.05, 0.1) is 5.92 Å². The molecule has 19 heavy (non-hydrogen) atoms. The summed E-state index contributed by atoms with van der Waals surface area (Å²) in [4.78, 5) is 14.2. The fourth-order valence-electron chi connectivity index (χ4n) is 2.08. The van der Waals surface area contributed by atoms with Gasteiger partial charge in [-0.05, 0) is 17.7 Å². The third-order valence-electron chi connectivity index (χ3n) is 3.21. The Kier molecular flexibility index (Phi) is 4.31. The van der Waals surface area contributed by atoms with Gasteiger partial charge in [-0.2, -0.15) is 0 Å². The molecular weight excluding hydrogens is 236 g/mol. The number of amides is 1. The van der Waals surface area contributed by atoms with Crippen molar-refractivity contribution >= 4 is 11.6 Å². The predicted molar refractivity (Wildman–Crippen MR) is 78.1 cm³/mol. The van der Waals surface area contributed by atoms with Crippen molar-refractivity contribution < 1.29 is 4.79 Å². The fourth-order valence-corrected chi connectivity index (χ4v) is 2.08. The van der Waals surface area contributed by atoms with Crippen LogP contribution in [-0.4, -0.2) is 19.5 Å². The zero-order valence-electron chi connectivity index (χ0n) is 11.0. The average Bonchev–Trinajstić information content (AvgIpc) is 2.49. The molecule has 2 rings (SSSR count). The first-order valence-corrected chi connectivity index (χ1v) is 6.31. The quantitative estimate of drug-likeness (QED) is 0.910. The first-order chi connectivity index (χ1) is 9.24. The molecule has 0 fully saturated rings. The summed E-state index contributed by atoms with van der Waals surface area (Å²) in [7, 11) is 1.78. The van der Waals surface area contributed by atoms with Gasteiger partial charge >= 0.3 is 0 Å². The Morgan fingerprint density at radius 3 is 2.11 bits per heavy atom. The van der Waals surface area contributed by atoms with E-state index in [1.54, 1.807) is 11.9 Å². The van der Waals surface area contributed by atoms with E-state index in [-0.39, 0.29) is 11.8 Å². The Labute approximate surface area is 113 Å². The summed E-state index contributed by atoms with van der Waals surface area (Å²) in [6.07, 6.45) is 0. The molecule has 3 heteroatoms. The van der Waals surface area contributed by atoms with Gasteiger partial charge in [0.15, 0.2) is 0 Å². The molecule has 0 bridgehead atoms. The van der Waals surface area contributed by atoms with Gasteiger partial charge in [-0.3, -0.25) is 4.79 Å². The van der Waals surface area contributed by atoms with Crippen molar-refractivity contribution in [2.45, 2.75) is 5.92 Å². The molecule has 98 valence electrons. The van der Waals surface area contributed by atoms with Gasteiger partial charge in [0.25, 0.3) is 0 Å². The number of likely N-dealkylation sites (N-methyl/N-ethyl adjacent to an activating group) is 1. The van der Waals surface area contributed by atoms with E-state index in [1.165, 1.54) is 0 Å². The molecule has 1 atom stereocenters. The Balaban J connectivity index is 2.22. The van der Waals surface area contributed by atoms with Crippen molar-refractivity contribution in [2.75, 3.05) is 18.5 Å². The van der Waals surface area contributed by atoms with Crippen molar-refractivity contribution in [1.82, 2.24) is 0 Å². The van der Waals surface area contributed by atoms with Gasteiger partial charge in [0.2, 0.25) is 5.91 Å². The normalized spacial score (nSPS) is 11.9. The monoisotopic (exact) mass is 254 g/mol. The lowest BCUT2D eigenvalue weighted by atomic mass is 9.97. The van der Waals surface area contributed by atoms with Crippen LogP contribution in [0.5, 0.6) is 0 Å². The lowest BCUT2D eigenvalue weighted by Crippen LogP contribution is -2.35. The standard InChI is InChI=1S/C16H18N2O/c1-18(14-10-6-3-7-11-14)16(19)15(12-17)13-8-4-2-5-9-13/h2-11,15H,12,17H2,1H3.